The Balaban J connectivity index is 1.50. The highest BCUT2D eigenvalue weighted by molar-refractivity contribution is 7.92. The lowest BCUT2D eigenvalue weighted by Gasteiger charge is -2.22. The summed E-state index contributed by atoms with van der Waals surface area (Å²) in [4.78, 5) is 18.2. The summed E-state index contributed by atoms with van der Waals surface area (Å²) in [6.45, 7) is 4.78. The van der Waals surface area contributed by atoms with Crippen LogP contribution in [0.1, 0.15) is 24.2 Å². The molecule has 0 saturated carbocycles. The average molecular weight is 516 g/mol. The number of hydrogen-bond acceptors (Lipinski definition) is 4. The Kier molecular flexibility index (Phi) is 6.47. The highest BCUT2D eigenvalue weighted by Crippen LogP contribution is 2.28. The van der Waals surface area contributed by atoms with Crippen molar-refractivity contribution in [3.05, 3.63) is 101 Å². The van der Waals surface area contributed by atoms with Gasteiger partial charge >= 0.3 is 0 Å². The molecule has 5 rings (SSSR count). The van der Waals surface area contributed by atoms with Crippen LogP contribution in [0.25, 0.3) is 21.0 Å². The Morgan fingerprint density at radius 3 is 2.28 bits per heavy atom. The fourth-order valence-corrected chi connectivity index (χ4v) is 7.02. The Labute approximate surface area is 213 Å². The number of thiazole rings is 1. The number of hydrogen-bond donors (Lipinski definition) is 0. The first kappa shape index (κ1) is 24.0. The number of amides is 1. The van der Waals surface area contributed by atoms with Crippen molar-refractivity contribution < 1.29 is 13.2 Å². The number of benzene rings is 4. The van der Waals surface area contributed by atoms with Crippen LogP contribution in [0.5, 0.6) is 0 Å². The van der Waals surface area contributed by atoms with Gasteiger partial charge in [0.05, 0.1) is 20.8 Å². The van der Waals surface area contributed by atoms with Crippen LogP contribution in [0.3, 0.4) is 0 Å². The van der Waals surface area contributed by atoms with E-state index in [0.717, 1.165) is 21.0 Å². The predicted molar refractivity (Wildman–Crippen MR) is 146 cm³/mol. The molecule has 1 aromatic heterocycles. The predicted octanol–water partition coefficient (Wildman–Crippen LogP) is 5.83. The Bertz CT molecular complexity index is 1740. The summed E-state index contributed by atoms with van der Waals surface area (Å²) in [5, 5.41) is 2.27. The lowest BCUT2D eigenvalue weighted by atomic mass is 10.1. The van der Waals surface area contributed by atoms with E-state index in [0.29, 0.717) is 29.1 Å². The number of para-hydroxylation sites is 1. The second kappa shape index (κ2) is 9.72. The van der Waals surface area contributed by atoms with Crippen LogP contribution in [0.15, 0.2) is 101 Å². The van der Waals surface area contributed by atoms with E-state index in [2.05, 4.69) is 29.3 Å². The maximum atomic E-state index is 13.2. The third-order valence-electron chi connectivity index (χ3n) is 6.11. The van der Waals surface area contributed by atoms with Crippen LogP contribution in [0.4, 0.5) is 5.69 Å². The zero-order valence-electron chi connectivity index (χ0n) is 20.0. The second-order valence-corrected chi connectivity index (χ2v) is 11.1. The number of carbonyl (C=O) groups is 1. The Hall–Kier alpha value is -3.75. The number of rotatable bonds is 6. The van der Waals surface area contributed by atoms with E-state index >= 15 is 0 Å². The van der Waals surface area contributed by atoms with Gasteiger partial charge in [0.15, 0.2) is 4.80 Å². The molecule has 1 heterocycles. The second-order valence-electron chi connectivity index (χ2n) is 8.21. The molecule has 6 nitrogen and oxygen atoms in total. The minimum atomic E-state index is -3.76. The van der Waals surface area contributed by atoms with Crippen molar-refractivity contribution in [3.8, 4) is 0 Å². The molecule has 0 aliphatic carbocycles. The molecule has 0 spiro atoms. The first-order valence-corrected chi connectivity index (χ1v) is 14.0. The first-order chi connectivity index (χ1) is 17.4. The summed E-state index contributed by atoms with van der Waals surface area (Å²) in [6.07, 6.45) is 0. The summed E-state index contributed by atoms with van der Waals surface area (Å²) in [6, 6.07) is 27.3. The van der Waals surface area contributed by atoms with Gasteiger partial charge in [-0.3, -0.25) is 9.10 Å². The monoisotopic (exact) mass is 515 g/mol. The van der Waals surface area contributed by atoms with E-state index in [1.54, 1.807) is 31.2 Å². The van der Waals surface area contributed by atoms with E-state index < -0.39 is 15.9 Å². The van der Waals surface area contributed by atoms with Crippen molar-refractivity contribution in [1.29, 1.82) is 0 Å². The van der Waals surface area contributed by atoms with Crippen LogP contribution in [-0.2, 0) is 16.6 Å². The van der Waals surface area contributed by atoms with E-state index in [1.807, 2.05) is 29.7 Å². The van der Waals surface area contributed by atoms with Crippen molar-refractivity contribution in [2.75, 3.05) is 10.8 Å². The molecule has 0 aliphatic heterocycles. The van der Waals surface area contributed by atoms with Crippen LogP contribution in [0, 0.1) is 0 Å². The molecule has 36 heavy (non-hydrogen) atoms. The van der Waals surface area contributed by atoms with Gasteiger partial charge < -0.3 is 4.57 Å². The van der Waals surface area contributed by atoms with Gasteiger partial charge in [0.25, 0.3) is 15.9 Å². The van der Waals surface area contributed by atoms with Gasteiger partial charge in [-0.05, 0) is 61.7 Å². The summed E-state index contributed by atoms with van der Waals surface area (Å²) in [7, 11) is -3.76. The first-order valence-electron chi connectivity index (χ1n) is 11.7. The SMILES string of the molecule is CCN(c1ccccc1)S(=O)(=O)c1ccc(C(=O)N=c2sc3c4ccccc4ccc3n2CC)cc1. The van der Waals surface area contributed by atoms with Crippen LogP contribution < -0.4 is 9.11 Å². The third-order valence-corrected chi connectivity index (χ3v) is 9.15. The number of aromatic nitrogens is 1. The molecule has 0 unspecified atom stereocenters. The normalized spacial score (nSPS) is 12.3. The topological polar surface area (TPSA) is 71.7 Å². The molecule has 5 aromatic rings. The minimum Gasteiger partial charge on any atom is -0.317 e. The van der Waals surface area contributed by atoms with Crippen LogP contribution >= 0.6 is 11.3 Å². The molecule has 4 aromatic carbocycles. The van der Waals surface area contributed by atoms with Gasteiger partial charge in [0, 0.05) is 24.0 Å². The summed E-state index contributed by atoms with van der Waals surface area (Å²) in [5.74, 6) is -0.410. The number of sulfonamides is 1. The fourth-order valence-electron chi connectivity index (χ4n) is 4.32. The van der Waals surface area contributed by atoms with Gasteiger partial charge in [-0.15, -0.1) is 0 Å². The highest BCUT2D eigenvalue weighted by atomic mass is 32.2. The van der Waals surface area contributed by atoms with E-state index in [1.165, 1.54) is 39.9 Å². The fraction of sp³-hybridized carbons (Fsp3) is 0.143. The Morgan fingerprint density at radius 1 is 0.889 bits per heavy atom. The average Bonchev–Trinajstić information content (AvgIpc) is 3.27. The number of carbonyl (C=O) groups excluding carboxylic acids is 1. The van der Waals surface area contributed by atoms with E-state index in [4.69, 9.17) is 0 Å². The van der Waals surface area contributed by atoms with Gasteiger partial charge in [-0.2, -0.15) is 4.99 Å². The van der Waals surface area contributed by atoms with Crippen LogP contribution in [0.2, 0.25) is 0 Å². The van der Waals surface area contributed by atoms with Crippen molar-refractivity contribution in [2.45, 2.75) is 25.3 Å². The molecule has 1 amide bonds. The number of anilines is 1. The van der Waals surface area contributed by atoms with Crippen molar-refractivity contribution in [2.24, 2.45) is 4.99 Å². The molecule has 0 saturated heterocycles. The van der Waals surface area contributed by atoms with Gasteiger partial charge in [-0.1, -0.05) is 59.9 Å². The standard InChI is InChI=1S/C28H25N3O3S2/c1-3-30-25-19-16-20-10-8-9-13-24(20)26(25)35-28(30)29-27(32)21-14-17-23(18-15-21)36(33,34)31(4-2)22-11-6-5-7-12-22/h5-19H,3-4H2,1-2H3. The van der Waals surface area contributed by atoms with Crippen molar-refractivity contribution in [3.63, 3.8) is 0 Å². The number of aryl methyl sites for hydroxylation is 1. The maximum Gasteiger partial charge on any atom is 0.279 e. The van der Waals surface area contributed by atoms with Gasteiger partial charge in [-0.25, -0.2) is 8.42 Å². The molecule has 0 N–H and O–H groups in total. The lowest BCUT2D eigenvalue weighted by Crippen LogP contribution is -2.30. The minimum absolute atomic E-state index is 0.127. The van der Waals surface area contributed by atoms with E-state index in [9.17, 15) is 13.2 Å². The Morgan fingerprint density at radius 2 is 1.58 bits per heavy atom. The molecule has 0 fully saturated rings. The summed E-state index contributed by atoms with van der Waals surface area (Å²) in [5.41, 5.74) is 1.97. The quantitative estimate of drug-likeness (QED) is 0.286. The largest absolute Gasteiger partial charge is 0.317 e. The van der Waals surface area contributed by atoms with E-state index in [-0.39, 0.29) is 4.90 Å². The molecular weight excluding hydrogens is 490 g/mol. The zero-order valence-corrected chi connectivity index (χ0v) is 21.6. The lowest BCUT2D eigenvalue weighted by molar-refractivity contribution is 0.0997. The third kappa shape index (κ3) is 4.23. The maximum absolute atomic E-state index is 13.2. The van der Waals surface area contributed by atoms with Gasteiger partial charge in [0.2, 0.25) is 0 Å². The smallest absolute Gasteiger partial charge is 0.279 e. The number of nitrogens with zero attached hydrogens (tertiary/aromatic N) is 3. The highest BCUT2D eigenvalue weighted by Gasteiger charge is 2.23. The molecule has 182 valence electrons. The number of fused-ring (bicyclic) bond motifs is 3. The molecule has 0 radical (unpaired) electrons. The van der Waals surface area contributed by atoms with Crippen LogP contribution in [-0.4, -0.2) is 25.4 Å². The molecule has 0 aliphatic rings. The molecule has 0 bridgehead atoms. The van der Waals surface area contributed by atoms with Crippen molar-refractivity contribution in [1.82, 2.24) is 4.57 Å². The van der Waals surface area contributed by atoms with Crippen molar-refractivity contribution >= 4 is 53.9 Å². The summed E-state index contributed by atoms with van der Waals surface area (Å²) < 4.78 is 30.9. The summed E-state index contributed by atoms with van der Waals surface area (Å²) >= 11 is 1.49. The molecule has 0 atom stereocenters. The zero-order chi connectivity index (χ0) is 25.3. The molecule has 8 heteroatoms. The molecular formula is C28H25N3O3S2. The van der Waals surface area contributed by atoms with Gasteiger partial charge in [0.1, 0.15) is 0 Å².